The molecule has 0 aliphatic carbocycles. The van der Waals surface area contributed by atoms with E-state index in [0.29, 0.717) is 6.61 Å². The molecule has 1 saturated heterocycles. The van der Waals surface area contributed by atoms with Crippen molar-refractivity contribution >= 4 is 14.3 Å². The molecular formula is C14H20N2O6Si. The van der Waals surface area contributed by atoms with Gasteiger partial charge in [-0.1, -0.05) is 0 Å². The maximum Gasteiger partial charge on any atom is 0.303 e. The van der Waals surface area contributed by atoms with E-state index in [4.69, 9.17) is 18.6 Å². The standard InChI is InChI=1S/C14H20N2O6Si/c1-8(17)20-11-9(7-19-23(2,3)4)21-13-12(11)22-14-15-10(18)5-6-16(13)14/h5-6,9,11-13H,7H2,1-4H3. The molecule has 0 spiro atoms. The van der Waals surface area contributed by atoms with E-state index in [2.05, 4.69) is 24.6 Å². The fourth-order valence-corrected chi connectivity index (χ4v) is 3.32. The first-order valence-corrected chi connectivity index (χ1v) is 10.9. The maximum absolute atomic E-state index is 11.4. The third-order valence-corrected chi connectivity index (χ3v) is 4.62. The van der Waals surface area contributed by atoms with E-state index in [1.807, 2.05) is 0 Å². The molecule has 3 heterocycles. The summed E-state index contributed by atoms with van der Waals surface area (Å²) in [6, 6.07) is 1.51. The molecule has 0 N–H and O–H groups in total. The summed E-state index contributed by atoms with van der Waals surface area (Å²) in [6.07, 6.45) is -0.484. The first kappa shape index (κ1) is 16.2. The third-order valence-electron chi connectivity index (χ3n) is 3.59. The highest BCUT2D eigenvalue weighted by Crippen LogP contribution is 2.40. The number of esters is 1. The van der Waals surface area contributed by atoms with Crippen LogP contribution in [0.1, 0.15) is 13.2 Å². The number of aromatic nitrogens is 2. The summed E-state index contributed by atoms with van der Waals surface area (Å²) in [7, 11) is -1.73. The summed E-state index contributed by atoms with van der Waals surface area (Å²) in [5.74, 6) is -0.417. The second kappa shape index (κ2) is 5.73. The van der Waals surface area contributed by atoms with Crippen LogP contribution in [-0.2, 0) is 18.7 Å². The highest BCUT2D eigenvalue weighted by atomic mass is 28.4. The minimum Gasteiger partial charge on any atom is -0.456 e. The number of hydrogen-bond donors (Lipinski definition) is 0. The topological polar surface area (TPSA) is 88.9 Å². The summed E-state index contributed by atoms with van der Waals surface area (Å²) in [5, 5.41) is 0. The normalized spacial score (nSPS) is 28.9. The molecule has 9 heteroatoms. The van der Waals surface area contributed by atoms with Crippen molar-refractivity contribution in [1.82, 2.24) is 9.55 Å². The van der Waals surface area contributed by atoms with Gasteiger partial charge < -0.3 is 18.6 Å². The molecule has 2 aliphatic rings. The molecule has 4 unspecified atom stereocenters. The molecule has 126 valence electrons. The van der Waals surface area contributed by atoms with Crippen LogP contribution in [0.15, 0.2) is 17.1 Å². The molecular weight excluding hydrogens is 320 g/mol. The Bertz CT molecular complexity index is 670. The van der Waals surface area contributed by atoms with Crippen LogP contribution in [0.2, 0.25) is 19.6 Å². The molecule has 3 rings (SSSR count). The van der Waals surface area contributed by atoms with Crippen LogP contribution in [0, 0.1) is 0 Å². The van der Waals surface area contributed by atoms with Crippen LogP contribution >= 0.6 is 0 Å². The van der Waals surface area contributed by atoms with E-state index in [9.17, 15) is 9.59 Å². The first-order valence-electron chi connectivity index (χ1n) is 7.47. The lowest BCUT2D eigenvalue weighted by Crippen LogP contribution is -2.41. The van der Waals surface area contributed by atoms with Crippen LogP contribution in [0.3, 0.4) is 0 Å². The Labute approximate surface area is 134 Å². The number of nitrogens with zero attached hydrogens (tertiary/aromatic N) is 2. The second-order valence-corrected chi connectivity index (χ2v) is 11.1. The van der Waals surface area contributed by atoms with Gasteiger partial charge in [0, 0.05) is 19.2 Å². The first-order chi connectivity index (χ1) is 10.7. The van der Waals surface area contributed by atoms with Crippen LogP contribution in [0.4, 0.5) is 0 Å². The summed E-state index contributed by atoms with van der Waals surface area (Å²) in [6.45, 7) is 7.89. The molecule has 0 radical (unpaired) electrons. The highest BCUT2D eigenvalue weighted by Gasteiger charge is 2.53. The van der Waals surface area contributed by atoms with Crippen LogP contribution in [-0.4, -0.2) is 48.8 Å². The summed E-state index contributed by atoms with van der Waals surface area (Å²) in [5.41, 5.74) is -0.390. The maximum atomic E-state index is 11.4. The molecule has 0 amide bonds. The van der Waals surface area contributed by atoms with Gasteiger partial charge in [0.1, 0.15) is 6.10 Å². The van der Waals surface area contributed by atoms with Gasteiger partial charge in [-0.25, -0.2) is 0 Å². The number of carbonyl (C=O) groups excluding carboxylic acids is 1. The van der Waals surface area contributed by atoms with Crippen molar-refractivity contribution in [2.75, 3.05) is 6.61 Å². The molecule has 0 bridgehead atoms. The van der Waals surface area contributed by atoms with Crippen LogP contribution in [0.25, 0.3) is 0 Å². The second-order valence-electron chi connectivity index (χ2n) is 6.60. The third kappa shape index (κ3) is 3.31. The van der Waals surface area contributed by atoms with Gasteiger partial charge in [-0.2, -0.15) is 4.98 Å². The van der Waals surface area contributed by atoms with Gasteiger partial charge in [-0.3, -0.25) is 14.2 Å². The van der Waals surface area contributed by atoms with E-state index in [-0.39, 0.29) is 11.6 Å². The quantitative estimate of drug-likeness (QED) is 0.588. The van der Waals surface area contributed by atoms with Crippen LogP contribution < -0.4 is 10.3 Å². The Balaban J connectivity index is 1.82. The van der Waals surface area contributed by atoms with Gasteiger partial charge in [-0.15, -0.1) is 0 Å². The number of carbonyl (C=O) groups is 1. The number of fused-ring (bicyclic) bond motifs is 3. The Hall–Kier alpha value is -1.71. The lowest BCUT2D eigenvalue weighted by atomic mass is 10.1. The van der Waals surface area contributed by atoms with Crippen molar-refractivity contribution < 1.29 is 23.4 Å². The molecule has 4 atom stereocenters. The van der Waals surface area contributed by atoms with Gasteiger partial charge in [0.2, 0.25) is 0 Å². The molecule has 1 aromatic rings. The predicted molar refractivity (Wildman–Crippen MR) is 81.7 cm³/mol. The highest BCUT2D eigenvalue weighted by molar-refractivity contribution is 6.69. The van der Waals surface area contributed by atoms with Gasteiger partial charge in [0.25, 0.3) is 5.56 Å². The molecule has 1 aromatic heterocycles. The largest absolute Gasteiger partial charge is 0.456 e. The van der Waals surface area contributed by atoms with Gasteiger partial charge in [0.05, 0.1) is 6.61 Å². The predicted octanol–water partition coefficient (Wildman–Crippen LogP) is 0.685. The van der Waals surface area contributed by atoms with Crippen molar-refractivity contribution in [2.24, 2.45) is 0 Å². The van der Waals surface area contributed by atoms with Crippen molar-refractivity contribution in [1.29, 1.82) is 0 Å². The number of hydrogen-bond acceptors (Lipinski definition) is 7. The number of rotatable bonds is 4. The molecule has 1 fully saturated rings. The summed E-state index contributed by atoms with van der Waals surface area (Å²) < 4.78 is 24.6. The van der Waals surface area contributed by atoms with E-state index < -0.39 is 38.8 Å². The summed E-state index contributed by atoms with van der Waals surface area (Å²) >= 11 is 0. The average Bonchev–Trinajstić information content (AvgIpc) is 2.92. The van der Waals surface area contributed by atoms with Crippen molar-refractivity contribution in [3.05, 3.63) is 22.6 Å². The molecule has 2 aliphatic heterocycles. The molecule has 0 aromatic carbocycles. The monoisotopic (exact) mass is 340 g/mol. The summed E-state index contributed by atoms with van der Waals surface area (Å²) in [4.78, 5) is 26.6. The smallest absolute Gasteiger partial charge is 0.303 e. The van der Waals surface area contributed by atoms with E-state index >= 15 is 0 Å². The molecule has 23 heavy (non-hydrogen) atoms. The fraction of sp³-hybridized carbons (Fsp3) is 0.643. The number of ether oxygens (including phenoxy) is 3. The van der Waals surface area contributed by atoms with Crippen LogP contribution in [0.5, 0.6) is 6.01 Å². The lowest BCUT2D eigenvalue weighted by molar-refractivity contribution is -0.153. The zero-order valence-corrected chi connectivity index (χ0v) is 14.5. The van der Waals surface area contributed by atoms with E-state index in [0.717, 1.165) is 0 Å². The fourth-order valence-electron chi connectivity index (χ4n) is 2.66. The Morgan fingerprint density at radius 1 is 1.43 bits per heavy atom. The molecule has 8 nitrogen and oxygen atoms in total. The Kier molecular flexibility index (Phi) is 4.03. The zero-order chi connectivity index (χ0) is 16.8. The SMILES string of the molecule is CC(=O)OC1C(CO[Si](C)(C)C)OC2C1Oc1nc(=O)ccn12. The van der Waals surface area contributed by atoms with Gasteiger partial charge >= 0.3 is 12.0 Å². The van der Waals surface area contributed by atoms with E-state index in [1.165, 1.54) is 13.0 Å². The minimum atomic E-state index is -1.73. The Morgan fingerprint density at radius 3 is 2.83 bits per heavy atom. The van der Waals surface area contributed by atoms with Gasteiger partial charge in [-0.05, 0) is 19.6 Å². The van der Waals surface area contributed by atoms with Crippen molar-refractivity contribution in [2.45, 2.75) is 51.1 Å². The Morgan fingerprint density at radius 2 is 2.17 bits per heavy atom. The van der Waals surface area contributed by atoms with Gasteiger partial charge in [0.15, 0.2) is 26.8 Å². The minimum absolute atomic E-state index is 0.175. The van der Waals surface area contributed by atoms with E-state index in [1.54, 1.807) is 10.8 Å². The van der Waals surface area contributed by atoms with Crippen molar-refractivity contribution in [3.63, 3.8) is 0 Å². The average molecular weight is 340 g/mol. The molecule has 0 saturated carbocycles. The van der Waals surface area contributed by atoms with Crippen molar-refractivity contribution in [3.8, 4) is 6.01 Å². The zero-order valence-electron chi connectivity index (χ0n) is 13.5. The lowest BCUT2D eigenvalue weighted by Gasteiger charge is -2.25.